The van der Waals surface area contributed by atoms with Crippen molar-refractivity contribution in [2.75, 3.05) is 6.61 Å². The Hall–Kier alpha value is -1.36. The second kappa shape index (κ2) is 4.72. The molecular weight excluding hydrogens is 228 g/mol. The fourth-order valence-electron chi connectivity index (χ4n) is 2.63. The fraction of sp³-hybridized carbons (Fsp3) is 0.429. The number of nitrogens with zero attached hydrogens (tertiary/aromatic N) is 1. The van der Waals surface area contributed by atoms with Crippen LogP contribution in [0.15, 0.2) is 30.5 Å². The molecule has 3 rings (SSSR count). The Morgan fingerprint density at radius 3 is 3.00 bits per heavy atom. The highest BCUT2D eigenvalue weighted by molar-refractivity contribution is 5.84. The van der Waals surface area contributed by atoms with Crippen LogP contribution in [0.2, 0.25) is 0 Å². The molecule has 0 spiro atoms. The molecule has 2 atom stereocenters. The molecule has 18 heavy (non-hydrogen) atoms. The molecular formula is C14H18N2O2. The Kier molecular flexibility index (Phi) is 3.07. The first-order valence-electron chi connectivity index (χ1n) is 6.38. The Morgan fingerprint density at radius 1 is 1.39 bits per heavy atom. The van der Waals surface area contributed by atoms with Crippen molar-refractivity contribution in [2.45, 2.75) is 31.7 Å². The van der Waals surface area contributed by atoms with Crippen molar-refractivity contribution >= 4 is 10.9 Å². The summed E-state index contributed by atoms with van der Waals surface area (Å²) in [7, 11) is 0. The third kappa shape index (κ3) is 1.92. The smallest absolute Gasteiger partial charge is 0.136 e. The van der Waals surface area contributed by atoms with Gasteiger partial charge in [0.15, 0.2) is 0 Å². The first-order valence-corrected chi connectivity index (χ1v) is 6.38. The van der Waals surface area contributed by atoms with E-state index in [-0.39, 0.29) is 12.3 Å². The van der Waals surface area contributed by atoms with E-state index < -0.39 is 0 Å². The quantitative estimate of drug-likeness (QED) is 0.849. The first-order chi connectivity index (χ1) is 8.79. The van der Waals surface area contributed by atoms with E-state index in [0.717, 1.165) is 17.5 Å². The molecule has 2 aromatic rings. The van der Waals surface area contributed by atoms with Gasteiger partial charge in [-0.1, -0.05) is 18.2 Å². The van der Waals surface area contributed by atoms with Crippen molar-refractivity contribution in [1.82, 2.24) is 4.57 Å². The van der Waals surface area contributed by atoms with Gasteiger partial charge in [-0.25, -0.2) is 0 Å². The topological polar surface area (TPSA) is 60.4 Å². The molecule has 1 fully saturated rings. The molecule has 96 valence electrons. The number of para-hydroxylation sites is 1. The van der Waals surface area contributed by atoms with Crippen molar-refractivity contribution in [1.29, 1.82) is 0 Å². The zero-order valence-electron chi connectivity index (χ0n) is 10.2. The average Bonchev–Trinajstić information content (AvgIpc) is 2.77. The maximum Gasteiger partial charge on any atom is 0.136 e. The molecule has 1 aromatic carbocycles. The summed E-state index contributed by atoms with van der Waals surface area (Å²) in [5.74, 6) is 0. The van der Waals surface area contributed by atoms with Gasteiger partial charge in [-0.05, 0) is 18.1 Å². The van der Waals surface area contributed by atoms with Crippen LogP contribution < -0.4 is 5.73 Å². The van der Waals surface area contributed by atoms with E-state index in [0.29, 0.717) is 19.6 Å². The molecule has 4 nitrogen and oxygen atoms in total. The number of hydrogen-bond donors (Lipinski definition) is 2. The molecule has 0 bridgehead atoms. The number of benzene rings is 1. The number of nitrogens with two attached hydrogens (primary N) is 1. The molecule has 2 unspecified atom stereocenters. The molecule has 1 aromatic heterocycles. The molecule has 2 heterocycles. The zero-order chi connectivity index (χ0) is 12.5. The highest BCUT2D eigenvalue weighted by Crippen LogP contribution is 2.30. The van der Waals surface area contributed by atoms with Gasteiger partial charge in [0.25, 0.3) is 0 Å². The lowest BCUT2D eigenvalue weighted by atomic mass is 10.1. The number of fused-ring (bicyclic) bond motifs is 1. The van der Waals surface area contributed by atoms with E-state index in [2.05, 4.69) is 16.7 Å². The van der Waals surface area contributed by atoms with Crippen molar-refractivity contribution in [3.63, 3.8) is 0 Å². The highest BCUT2D eigenvalue weighted by atomic mass is 16.5. The summed E-state index contributed by atoms with van der Waals surface area (Å²) in [6.07, 6.45) is 3.06. The Labute approximate surface area is 106 Å². The average molecular weight is 246 g/mol. The standard InChI is InChI=1S/C14H18N2O2/c15-8-10-9-16(13-4-2-1-3-12(10)13)14-7-11(17)5-6-18-14/h1-4,9,11,14,17H,5-8,15H2. The fourth-order valence-corrected chi connectivity index (χ4v) is 2.63. The molecule has 1 aliphatic heterocycles. The van der Waals surface area contributed by atoms with Gasteiger partial charge in [0.2, 0.25) is 0 Å². The van der Waals surface area contributed by atoms with Gasteiger partial charge in [0.1, 0.15) is 6.23 Å². The zero-order valence-corrected chi connectivity index (χ0v) is 10.2. The van der Waals surface area contributed by atoms with Crippen LogP contribution in [0.4, 0.5) is 0 Å². The maximum atomic E-state index is 9.76. The monoisotopic (exact) mass is 246 g/mol. The van der Waals surface area contributed by atoms with Crippen LogP contribution in [0.3, 0.4) is 0 Å². The summed E-state index contributed by atoms with van der Waals surface area (Å²) in [4.78, 5) is 0. The Morgan fingerprint density at radius 2 is 2.22 bits per heavy atom. The second-order valence-electron chi connectivity index (χ2n) is 4.79. The van der Waals surface area contributed by atoms with E-state index in [1.165, 1.54) is 5.39 Å². The molecule has 3 N–H and O–H groups in total. The van der Waals surface area contributed by atoms with Gasteiger partial charge < -0.3 is 20.1 Å². The summed E-state index contributed by atoms with van der Waals surface area (Å²) in [6.45, 7) is 1.12. The molecule has 1 saturated heterocycles. The van der Waals surface area contributed by atoms with Gasteiger partial charge >= 0.3 is 0 Å². The summed E-state index contributed by atoms with van der Waals surface area (Å²) >= 11 is 0. The summed E-state index contributed by atoms with van der Waals surface area (Å²) in [6, 6.07) is 8.17. The summed E-state index contributed by atoms with van der Waals surface area (Å²) in [5, 5.41) is 10.9. The van der Waals surface area contributed by atoms with Gasteiger partial charge in [0.05, 0.1) is 18.2 Å². The van der Waals surface area contributed by atoms with E-state index in [9.17, 15) is 5.11 Å². The number of ether oxygens (including phenoxy) is 1. The maximum absolute atomic E-state index is 9.76. The van der Waals surface area contributed by atoms with Crippen LogP contribution in [0.25, 0.3) is 10.9 Å². The van der Waals surface area contributed by atoms with Gasteiger partial charge in [-0.3, -0.25) is 0 Å². The minimum Gasteiger partial charge on any atom is -0.393 e. The van der Waals surface area contributed by atoms with E-state index in [1.807, 2.05) is 18.3 Å². The summed E-state index contributed by atoms with van der Waals surface area (Å²) < 4.78 is 7.86. The van der Waals surface area contributed by atoms with Gasteiger partial charge in [-0.2, -0.15) is 0 Å². The van der Waals surface area contributed by atoms with Crippen LogP contribution in [0.5, 0.6) is 0 Å². The molecule has 0 radical (unpaired) electrons. The minimum atomic E-state index is -0.272. The number of aliphatic hydroxyl groups excluding tert-OH is 1. The van der Waals surface area contributed by atoms with Crippen LogP contribution in [0.1, 0.15) is 24.6 Å². The molecule has 1 aliphatic rings. The lowest BCUT2D eigenvalue weighted by Gasteiger charge is -2.28. The normalized spacial score (nSPS) is 24.6. The first kappa shape index (κ1) is 11.7. The third-order valence-electron chi connectivity index (χ3n) is 3.59. The molecule has 0 amide bonds. The van der Waals surface area contributed by atoms with Crippen molar-refractivity contribution < 1.29 is 9.84 Å². The van der Waals surface area contributed by atoms with Gasteiger partial charge in [0, 0.05) is 24.5 Å². The lowest BCUT2D eigenvalue weighted by Crippen LogP contribution is -2.26. The van der Waals surface area contributed by atoms with E-state index >= 15 is 0 Å². The number of aromatic nitrogens is 1. The molecule has 4 heteroatoms. The number of rotatable bonds is 2. The lowest BCUT2D eigenvalue weighted by molar-refractivity contribution is -0.0780. The highest BCUT2D eigenvalue weighted by Gasteiger charge is 2.23. The Balaban J connectivity index is 2.05. The number of hydrogen-bond acceptors (Lipinski definition) is 3. The third-order valence-corrected chi connectivity index (χ3v) is 3.59. The molecule has 0 aliphatic carbocycles. The summed E-state index contributed by atoms with van der Waals surface area (Å²) in [5.41, 5.74) is 8.02. The largest absolute Gasteiger partial charge is 0.393 e. The predicted octanol–water partition coefficient (Wildman–Crippen LogP) is 1.77. The Bertz CT molecular complexity index is 550. The second-order valence-corrected chi connectivity index (χ2v) is 4.79. The van der Waals surface area contributed by atoms with E-state index in [1.54, 1.807) is 0 Å². The predicted molar refractivity (Wildman–Crippen MR) is 70.1 cm³/mol. The van der Waals surface area contributed by atoms with Gasteiger partial charge in [-0.15, -0.1) is 0 Å². The number of aliphatic hydroxyl groups is 1. The van der Waals surface area contributed by atoms with Crippen LogP contribution in [-0.4, -0.2) is 22.4 Å². The van der Waals surface area contributed by atoms with Crippen molar-refractivity contribution in [3.8, 4) is 0 Å². The SMILES string of the molecule is NCc1cn(C2CC(O)CCO2)c2ccccc12. The van der Waals surface area contributed by atoms with Crippen LogP contribution in [-0.2, 0) is 11.3 Å². The van der Waals surface area contributed by atoms with Crippen LogP contribution in [0, 0.1) is 0 Å². The molecule has 0 saturated carbocycles. The van der Waals surface area contributed by atoms with E-state index in [4.69, 9.17) is 10.5 Å². The van der Waals surface area contributed by atoms with Crippen molar-refractivity contribution in [3.05, 3.63) is 36.0 Å². The van der Waals surface area contributed by atoms with Crippen LogP contribution >= 0.6 is 0 Å². The van der Waals surface area contributed by atoms with Crippen molar-refractivity contribution in [2.24, 2.45) is 5.73 Å². The minimum absolute atomic E-state index is 0.0843.